The predicted octanol–water partition coefficient (Wildman–Crippen LogP) is 6.03. The number of carbonyl (C=O) groups is 1. The number of hydrogen-bond donors (Lipinski definition) is 3. The summed E-state index contributed by atoms with van der Waals surface area (Å²) in [6.07, 6.45) is 12.2. The number of ether oxygens (including phenoxy) is 1. The lowest BCUT2D eigenvalue weighted by Gasteiger charge is -2.33. The Hall–Kier alpha value is -4.12. The van der Waals surface area contributed by atoms with Crippen LogP contribution in [0.5, 0.6) is 6.01 Å². The maximum Gasteiger partial charge on any atom is 0.316 e. The quantitative estimate of drug-likeness (QED) is 0.184. The summed E-state index contributed by atoms with van der Waals surface area (Å²) in [6, 6.07) is 4.43. The lowest BCUT2D eigenvalue weighted by molar-refractivity contribution is -0.124. The Morgan fingerprint density at radius 3 is 2.30 bits per heavy atom. The van der Waals surface area contributed by atoms with E-state index in [1.54, 1.807) is 24.8 Å². The molecular weight excluding hydrogens is 578 g/mol. The van der Waals surface area contributed by atoms with Crippen molar-refractivity contribution in [3.63, 3.8) is 0 Å². The summed E-state index contributed by atoms with van der Waals surface area (Å²) in [5, 5.41) is 14.3. The number of H-pyrrole nitrogens is 1. The zero-order chi connectivity index (χ0) is 31.2. The fourth-order valence-electron chi connectivity index (χ4n) is 5.64. The van der Waals surface area contributed by atoms with Crippen molar-refractivity contribution in [3.8, 4) is 28.5 Å². The van der Waals surface area contributed by atoms with Crippen molar-refractivity contribution < 1.29 is 9.53 Å². The van der Waals surface area contributed by atoms with E-state index in [1.807, 2.05) is 18.3 Å². The Kier molecular flexibility index (Phi) is 10.0. The molecule has 0 spiro atoms. The second-order valence-electron chi connectivity index (χ2n) is 12.0. The van der Waals surface area contributed by atoms with Gasteiger partial charge in [-0.25, -0.2) is 19.9 Å². The minimum absolute atomic E-state index is 0.0248. The van der Waals surface area contributed by atoms with Crippen LogP contribution in [0.4, 0.5) is 5.95 Å². The van der Waals surface area contributed by atoms with E-state index in [-0.39, 0.29) is 29.7 Å². The van der Waals surface area contributed by atoms with E-state index in [1.165, 1.54) is 7.11 Å². The Labute approximate surface area is 263 Å². The Morgan fingerprint density at radius 1 is 0.977 bits per heavy atom. The fourth-order valence-corrected chi connectivity index (χ4v) is 5.82. The summed E-state index contributed by atoms with van der Waals surface area (Å²) < 4.78 is 5.07. The molecule has 1 aliphatic rings. The average molecular weight is 618 g/mol. The summed E-state index contributed by atoms with van der Waals surface area (Å²) in [7, 11) is 1.53. The van der Waals surface area contributed by atoms with Gasteiger partial charge in [-0.1, -0.05) is 45.4 Å². The molecule has 0 aliphatic heterocycles. The number of halogens is 1. The molecule has 0 radical (unpaired) electrons. The maximum absolute atomic E-state index is 13.6. The second-order valence-corrected chi connectivity index (χ2v) is 12.5. The zero-order valence-corrected chi connectivity index (χ0v) is 26.6. The molecule has 44 heavy (non-hydrogen) atoms. The molecule has 1 aliphatic carbocycles. The fraction of sp³-hybridized carbons (Fsp3) is 0.469. The van der Waals surface area contributed by atoms with Crippen molar-refractivity contribution in [3.05, 3.63) is 59.4 Å². The Bertz CT molecular complexity index is 1530. The minimum Gasteiger partial charge on any atom is -0.467 e. The Balaban J connectivity index is 1.30. The standard InChI is InChI=1S/C32H40ClN9O2/c1-18(2)12-35-30(43)27(26-11-8-21(13-34-26)22-14-37-32(44-5)38-15-22)20-6-9-23(10-7-20)40-31-36-16-24(19(3)4)28(41-31)29-25(33)17-39-42-29/h8,11,13-20,23,27H,6-7,9-10,12H2,1-5H3,(H,35,43)(H,39,42)(H,36,40,41). The summed E-state index contributed by atoms with van der Waals surface area (Å²) >= 11 is 6.39. The van der Waals surface area contributed by atoms with Crippen LogP contribution in [0.3, 0.4) is 0 Å². The number of aromatic amines is 1. The number of rotatable bonds is 11. The molecule has 3 N–H and O–H groups in total. The smallest absolute Gasteiger partial charge is 0.316 e. The van der Waals surface area contributed by atoms with Crippen LogP contribution in [0, 0.1) is 11.8 Å². The number of amides is 1. The summed E-state index contributed by atoms with van der Waals surface area (Å²) in [5.41, 5.74) is 4.93. The van der Waals surface area contributed by atoms with Gasteiger partial charge in [-0.15, -0.1) is 0 Å². The van der Waals surface area contributed by atoms with Gasteiger partial charge in [-0.05, 0) is 49.5 Å². The SMILES string of the molecule is COc1ncc(-c2ccc(C(C(=O)NCC(C)C)C3CCC(Nc4ncc(C(C)C)c(-c5[nH]ncc5Cl)n4)CC3)nc2)cn1. The number of hydrogen-bond acceptors (Lipinski definition) is 9. The van der Waals surface area contributed by atoms with E-state index in [2.05, 4.69) is 63.5 Å². The van der Waals surface area contributed by atoms with Gasteiger partial charge in [0.05, 0.1) is 35.6 Å². The van der Waals surface area contributed by atoms with Crippen LogP contribution in [0.1, 0.15) is 76.5 Å². The van der Waals surface area contributed by atoms with Crippen molar-refractivity contribution in [1.82, 2.24) is 40.4 Å². The van der Waals surface area contributed by atoms with Crippen LogP contribution in [0.25, 0.3) is 22.5 Å². The number of carbonyl (C=O) groups excluding carboxylic acids is 1. The number of anilines is 1. The first-order valence-corrected chi connectivity index (χ1v) is 15.5. The number of pyridine rings is 1. The lowest BCUT2D eigenvalue weighted by Crippen LogP contribution is -2.38. The van der Waals surface area contributed by atoms with Crippen molar-refractivity contribution in [2.45, 2.75) is 71.3 Å². The highest BCUT2D eigenvalue weighted by Gasteiger charge is 2.34. The van der Waals surface area contributed by atoms with Gasteiger partial charge in [0.15, 0.2) is 0 Å². The minimum atomic E-state index is -0.341. The molecule has 232 valence electrons. The molecule has 4 aromatic heterocycles. The lowest BCUT2D eigenvalue weighted by atomic mass is 9.76. The molecule has 0 aromatic carbocycles. The van der Waals surface area contributed by atoms with Gasteiger partial charge >= 0.3 is 6.01 Å². The van der Waals surface area contributed by atoms with Gasteiger partial charge in [0.1, 0.15) is 5.69 Å². The summed E-state index contributed by atoms with van der Waals surface area (Å²) in [4.78, 5) is 36.2. The molecule has 5 rings (SSSR count). The van der Waals surface area contributed by atoms with Crippen LogP contribution in [0.2, 0.25) is 5.02 Å². The first-order valence-electron chi connectivity index (χ1n) is 15.2. The largest absolute Gasteiger partial charge is 0.467 e. The normalized spacial score (nSPS) is 17.5. The molecule has 1 unspecified atom stereocenters. The van der Waals surface area contributed by atoms with E-state index < -0.39 is 0 Å². The van der Waals surface area contributed by atoms with Crippen LogP contribution < -0.4 is 15.4 Å². The number of nitrogens with one attached hydrogen (secondary N) is 3. The number of methoxy groups -OCH3 is 1. The second kappa shape index (κ2) is 14.1. The molecule has 0 bridgehead atoms. The van der Waals surface area contributed by atoms with E-state index in [9.17, 15) is 4.79 Å². The summed E-state index contributed by atoms with van der Waals surface area (Å²) in [6.45, 7) is 9.02. The maximum atomic E-state index is 13.6. The average Bonchev–Trinajstić information content (AvgIpc) is 3.46. The van der Waals surface area contributed by atoms with E-state index in [0.29, 0.717) is 35.1 Å². The molecule has 0 saturated heterocycles. The third-order valence-electron chi connectivity index (χ3n) is 8.06. The molecule has 1 atom stereocenters. The van der Waals surface area contributed by atoms with Gasteiger partial charge < -0.3 is 15.4 Å². The molecule has 4 heterocycles. The van der Waals surface area contributed by atoms with Crippen molar-refractivity contribution in [1.29, 1.82) is 0 Å². The van der Waals surface area contributed by atoms with Gasteiger partial charge in [-0.2, -0.15) is 5.10 Å². The predicted molar refractivity (Wildman–Crippen MR) is 170 cm³/mol. The molecule has 1 fully saturated rings. The van der Waals surface area contributed by atoms with E-state index >= 15 is 0 Å². The molecule has 4 aromatic rings. The first-order chi connectivity index (χ1) is 21.2. The third-order valence-corrected chi connectivity index (χ3v) is 8.35. The molecule has 1 saturated carbocycles. The number of aromatic nitrogens is 7. The Morgan fingerprint density at radius 2 is 1.70 bits per heavy atom. The van der Waals surface area contributed by atoms with Gasteiger partial charge in [0.2, 0.25) is 11.9 Å². The first kappa shape index (κ1) is 31.3. The highest BCUT2D eigenvalue weighted by Crippen LogP contribution is 2.38. The molecule has 11 nitrogen and oxygen atoms in total. The molecule has 12 heteroatoms. The molecule has 1 amide bonds. The monoisotopic (exact) mass is 617 g/mol. The zero-order valence-electron chi connectivity index (χ0n) is 25.8. The van der Waals surface area contributed by atoms with Gasteiger partial charge in [-0.3, -0.25) is 14.9 Å². The van der Waals surface area contributed by atoms with Gasteiger partial charge in [0.25, 0.3) is 0 Å². The van der Waals surface area contributed by atoms with E-state index in [4.69, 9.17) is 26.3 Å². The topological polar surface area (TPSA) is 143 Å². The van der Waals surface area contributed by atoms with Crippen molar-refractivity contribution in [2.24, 2.45) is 11.8 Å². The summed E-state index contributed by atoms with van der Waals surface area (Å²) in [5.74, 6) is 0.979. The van der Waals surface area contributed by atoms with Crippen LogP contribution in [-0.2, 0) is 4.79 Å². The molecular formula is C32H40ClN9O2. The van der Waals surface area contributed by atoms with Crippen LogP contribution in [-0.4, -0.2) is 60.7 Å². The van der Waals surface area contributed by atoms with Crippen LogP contribution in [0.15, 0.2) is 43.1 Å². The van der Waals surface area contributed by atoms with Crippen LogP contribution >= 0.6 is 11.6 Å². The van der Waals surface area contributed by atoms with E-state index in [0.717, 1.165) is 53.8 Å². The van der Waals surface area contributed by atoms with Crippen molar-refractivity contribution in [2.75, 3.05) is 19.0 Å². The highest BCUT2D eigenvalue weighted by atomic mass is 35.5. The van der Waals surface area contributed by atoms with Gasteiger partial charge in [0, 0.05) is 54.1 Å². The number of nitrogens with zero attached hydrogens (tertiary/aromatic N) is 6. The van der Waals surface area contributed by atoms with Crippen molar-refractivity contribution >= 4 is 23.5 Å². The third kappa shape index (κ3) is 7.32. The highest BCUT2D eigenvalue weighted by molar-refractivity contribution is 6.32.